The van der Waals surface area contributed by atoms with Gasteiger partial charge >= 0.3 is 0 Å². The number of aliphatic hydroxyl groups is 3. The molecule has 0 aliphatic heterocycles. The maximum atomic E-state index is 9.02. The number of hydrogen-bond acceptors (Lipinski definition) is 6. The minimum absolute atomic E-state index is 0.0396. The highest BCUT2D eigenvalue weighted by Gasteiger charge is 2.29. The van der Waals surface area contributed by atoms with E-state index in [4.69, 9.17) is 26.3 Å². The highest BCUT2D eigenvalue weighted by molar-refractivity contribution is 5.80. The molecule has 0 amide bonds. The summed E-state index contributed by atoms with van der Waals surface area (Å²) in [6.45, 7) is 0.523. The van der Waals surface area contributed by atoms with Gasteiger partial charge in [0.1, 0.15) is 5.84 Å². The van der Waals surface area contributed by atoms with E-state index in [1.807, 2.05) is 0 Å². The van der Waals surface area contributed by atoms with Crippen molar-refractivity contribution in [3.05, 3.63) is 0 Å². The molecule has 0 fully saturated rings. The monoisotopic (exact) mass is 221 g/mol. The van der Waals surface area contributed by atoms with Gasteiger partial charge in [0.2, 0.25) is 0 Å². The largest absolute Gasteiger partial charge is 0.409 e. The summed E-state index contributed by atoms with van der Waals surface area (Å²) in [7, 11) is 0. The zero-order valence-electron chi connectivity index (χ0n) is 8.72. The first-order chi connectivity index (χ1) is 7.03. The number of nitrogens with zero attached hydrogens (tertiary/aromatic N) is 1. The molecule has 7 N–H and O–H groups in total. The fraction of sp³-hybridized carbons (Fsp3) is 0.875. The van der Waals surface area contributed by atoms with Crippen LogP contribution in [0.3, 0.4) is 0 Å². The van der Waals surface area contributed by atoms with E-state index < -0.39 is 25.4 Å². The summed E-state index contributed by atoms with van der Waals surface area (Å²) in [6.07, 6.45) is 0.248. The third-order valence-corrected chi connectivity index (χ3v) is 2.10. The van der Waals surface area contributed by atoms with Gasteiger partial charge in [0, 0.05) is 12.5 Å². The molecule has 0 spiro atoms. The van der Waals surface area contributed by atoms with E-state index in [9.17, 15) is 0 Å². The molecule has 0 heterocycles. The number of amidine groups is 1. The second-order valence-electron chi connectivity index (χ2n) is 3.60. The maximum absolute atomic E-state index is 9.02. The molecule has 0 aromatic carbocycles. The first kappa shape index (κ1) is 14.1. The molecule has 0 aliphatic carbocycles. The van der Waals surface area contributed by atoms with Gasteiger partial charge < -0.3 is 31.6 Å². The highest BCUT2D eigenvalue weighted by atomic mass is 16.4. The van der Waals surface area contributed by atoms with E-state index in [1.165, 1.54) is 0 Å². The van der Waals surface area contributed by atoms with Gasteiger partial charge in [-0.3, -0.25) is 0 Å². The van der Waals surface area contributed by atoms with Crippen LogP contribution in [0.5, 0.6) is 0 Å². The van der Waals surface area contributed by atoms with Crippen LogP contribution in [0.2, 0.25) is 0 Å². The second kappa shape index (κ2) is 6.57. The Bertz CT molecular complexity index is 198. The second-order valence-corrected chi connectivity index (χ2v) is 3.60. The van der Waals surface area contributed by atoms with Gasteiger partial charge in [-0.25, -0.2) is 0 Å². The summed E-state index contributed by atoms with van der Waals surface area (Å²) < 4.78 is 0. The Labute approximate surface area is 88.2 Å². The molecular weight excluding hydrogens is 202 g/mol. The van der Waals surface area contributed by atoms with Gasteiger partial charge in [-0.15, -0.1) is 0 Å². The van der Waals surface area contributed by atoms with E-state index in [-0.39, 0.29) is 18.3 Å². The minimum Gasteiger partial charge on any atom is -0.409 e. The van der Waals surface area contributed by atoms with Crippen molar-refractivity contribution in [1.29, 1.82) is 0 Å². The quantitative estimate of drug-likeness (QED) is 0.125. The fourth-order valence-electron chi connectivity index (χ4n) is 1.22. The maximum Gasteiger partial charge on any atom is 0.140 e. The lowest BCUT2D eigenvalue weighted by atomic mass is 10.0. The number of nitrogens with two attached hydrogens (primary N) is 1. The molecule has 0 aromatic heterocycles. The molecule has 15 heavy (non-hydrogen) atoms. The van der Waals surface area contributed by atoms with Crippen LogP contribution in [0.25, 0.3) is 0 Å². The van der Waals surface area contributed by atoms with Crippen LogP contribution in [0.1, 0.15) is 13.3 Å². The predicted molar refractivity (Wildman–Crippen MR) is 54.6 cm³/mol. The van der Waals surface area contributed by atoms with Gasteiger partial charge in [-0.2, -0.15) is 0 Å². The molecule has 0 saturated carbocycles. The number of oxime groups is 1. The van der Waals surface area contributed by atoms with Crippen molar-refractivity contribution in [3.63, 3.8) is 0 Å². The number of hydrogen-bond donors (Lipinski definition) is 6. The molecule has 0 bridgehead atoms. The van der Waals surface area contributed by atoms with Gasteiger partial charge in [0.05, 0.1) is 25.4 Å². The topological polar surface area (TPSA) is 131 Å². The summed E-state index contributed by atoms with van der Waals surface area (Å²) >= 11 is 0. The summed E-state index contributed by atoms with van der Waals surface area (Å²) in [5.41, 5.74) is 4.15. The molecule has 0 aromatic rings. The Morgan fingerprint density at radius 3 is 2.13 bits per heavy atom. The SMILES string of the molecule is CC(CC(N)=NO)NC(CO)(CO)CO. The van der Waals surface area contributed by atoms with Crippen molar-refractivity contribution in [3.8, 4) is 0 Å². The zero-order valence-corrected chi connectivity index (χ0v) is 8.72. The fourth-order valence-corrected chi connectivity index (χ4v) is 1.22. The van der Waals surface area contributed by atoms with Crippen molar-refractivity contribution in [2.45, 2.75) is 24.9 Å². The van der Waals surface area contributed by atoms with E-state index in [0.717, 1.165) is 0 Å². The Morgan fingerprint density at radius 2 is 1.80 bits per heavy atom. The lowest BCUT2D eigenvalue weighted by molar-refractivity contribution is 0.0361. The van der Waals surface area contributed by atoms with Crippen LogP contribution >= 0.6 is 0 Å². The average molecular weight is 221 g/mol. The van der Waals surface area contributed by atoms with Gasteiger partial charge in [-0.05, 0) is 6.92 Å². The van der Waals surface area contributed by atoms with Crippen LogP contribution in [0, 0.1) is 0 Å². The Balaban J connectivity index is 4.28. The normalized spacial score (nSPS) is 15.3. The lowest BCUT2D eigenvalue weighted by Gasteiger charge is -2.32. The van der Waals surface area contributed by atoms with Crippen molar-refractivity contribution in [2.75, 3.05) is 19.8 Å². The van der Waals surface area contributed by atoms with Crippen molar-refractivity contribution in [1.82, 2.24) is 5.32 Å². The summed E-state index contributed by atoms with van der Waals surface area (Å²) in [5, 5.41) is 41.0. The third kappa shape index (κ3) is 4.43. The lowest BCUT2D eigenvalue weighted by Crippen LogP contribution is -2.58. The van der Waals surface area contributed by atoms with E-state index in [1.54, 1.807) is 6.92 Å². The Morgan fingerprint density at radius 1 is 1.33 bits per heavy atom. The smallest absolute Gasteiger partial charge is 0.140 e. The molecule has 7 nitrogen and oxygen atoms in total. The summed E-state index contributed by atoms with van der Waals surface area (Å²) in [5.74, 6) is 0.0396. The Kier molecular flexibility index (Phi) is 6.18. The van der Waals surface area contributed by atoms with Gasteiger partial charge in [-0.1, -0.05) is 5.16 Å². The van der Waals surface area contributed by atoms with Crippen LogP contribution in [-0.4, -0.2) is 57.8 Å². The summed E-state index contributed by atoms with van der Waals surface area (Å²) in [4.78, 5) is 0. The molecule has 90 valence electrons. The van der Waals surface area contributed by atoms with E-state index in [2.05, 4.69) is 10.5 Å². The molecular formula is C8H19N3O4. The molecule has 0 saturated heterocycles. The highest BCUT2D eigenvalue weighted by Crippen LogP contribution is 2.05. The van der Waals surface area contributed by atoms with E-state index >= 15 is 0 Å². The number of aliphatic hydroxyl groups excluding tert-OH is 3. The van der Waals surface area contributed by atoms with E-state index in [0.29, 0.717) is 0 Å². The zero-order chi connectivity index (χ0) is 11.9. The van der Waals surface area contributed by atoms with Crippen molar-refractivity contribution >= 4 is 5.84 Å². The molecule has 0 aliphatic rings. The first-order valence-corrected chi connectivity index (χ1v) is 4.60. The van der Waals surface area contributed by atoms with Crippen LogP contribution in [-0.2, 0) is 0 Å². The van der Waals surface area contributed by atoms with Crippen molar-refractivity contribution < 1.29 is 20.5 Å². The first-order valence-electron chi connectivity index (χ1n) is 4.60. The van der Waals surface area contributed by atoms with Crippen LogP contribution in [0.15, 0.2) is 5.16 Å². The minimum atomic E-state index is -1.14. The molecule has 7 heteroatoms. The summed E-state index contributed by atoms with van der Waals surface area (Å²) in [6, 6.07) is -0.243. The predicted octanol–water partition coefficient (Wildman–Crippen LogP) is -2.18. The van der Waals surface area contributed by atoms with Crippen molar-refractivity contribution in [2.24, 2.45) is 10.9 Å². The average Bonchev–Trinajstić information content (AvgIpc) is 2.26. The third-order valence-electron chi connectivity index (χ3n) is 2.10. The van der Waals surface area contributed by atoms with Crippen LogP contribution < -0.4 is 11.1 Å². The molecule has 0 radical (unpaired) electrons. The molecule has 1 atom stereocenters. The number of nitrogens with one attached hydrogen (secondary N) is 1. The van der Waals surface area contributed by atoms with Gasteiger partial charge in [0.15, 0.2) is 0 Å². The standard InChI is InChI=1S/C8H19N3O4/c1-6(2-7(9)11-15)10-8(3-12,4-13)5-14/h6,10,12-15H,2-5H2,1H3,(H2,9,11). The van der Waals surface area contributed by atoms with Crippen LogP contribution in [0.4, 0.5) is 0 Å². The molecule has 1 unspecified atom stereocenters. The number of rotatable bonds is 7. The Hall–Kier alpha value is -0.890. The van der Waals surface area contributed by atoms with Gasteiger partial charge in [0.25, 0.3) is 0 Å². The molecule has 0 rings (SSSR count).